The average molecular weight is 489 g/mol. The van der Waals surface area contributed by atoms with E-state index in [1.54, 1.807) is 6.20 Å². The number of aromatic nitrogens is 1. The number of nitrogens with zero attached hydrogens (tertiary/aromatic N) is 4. The molecule has 0 bridgehead atoms. The standard InChI is InChI=1S/C29H33FN4O2/c30-24-13-11-23(12-14-24)22-33-17-19-34(20-18-33)28-25-8-7-16-32-29(25)36-27-10-4-3-9-26(27)35-21-6-2-1-5-15-31-28/h3-4,7-14,16H,1-2,5-6,15,17-22H2. The van der Waals surface area contributed by atoms with Crippen molar-refractivity contribution in [3.8, 4) is 17.4 Å². The van der Waals surface area contributed by atoms with Crippen molar-refractivity contribution in [2.75, 3.05) is 39.3 Å². The summed E-state index contributed by atoms with van der Waals surface area (Å²) in [4.78, 5) is 14.4. The molecule has 0 unspecified atom stereocenters. The van der Waals surface area contributed by atoms with E-state index in [1.807, 2.05) is 48.5 Å². The molecule has 0 atom stereocenters. The van der Waals surface area contributed by atoms with Gasteiger partial charge < -0.3 is 14.4 Å². The molecule has 36 heavy (non-hydrogen) atoms. The number of benzene rings is 2. The predicted molar refractivity (Wildman–Crippen MR) is 139 cm³/mol. The number of piperazine rings is 1. The van der Waals surface area contributed by atoms with Gasteiger partial charge in [0.25, 0.3) is 0 Å². The number of para-hydroxylation sites is 2. The van der Waals surface area contributed by atoms with Gasteiger partial charge >= 0.3 is 0 Å². The Labute approximate surface area is 212 Å². The molecular formula is C29H33FN4O2. The van der Waals surface area contributed by atoms with Crippen molar-refractivity contribution in [3.05, 3.63) is 83.8 Å². The molecule has 7 heteroatoms. The van der Waals surface area contributed by atoms with Crippen LogP contribution >= 0.6 is 0 Å². The highest BCUT2D eigenvalue weighted by molar-refractivity contribution is 6.00. The molecule has 0 N–H and O–H groups in total. The first-order valence-electron chi connectivity index (χ1n) is 12.9. The van der Waals surface area contributed by atoms with Gasteiger partial charge in [0, 0.05) is 45.5 Å². The number of hydrogen-bond donors (Lipinski definition) is 0. The topological polar surface area (TPSA) is 50.2 Å². The highest BCUT2D eigenvalue weighted by Crippen LogP contribution is 2.33. The molecule has 3 aromatic rings. The summed E-state index contributed by atoms with van der Waals surface area (Å²) in [6.07, 6.45) is 6.05. The molecule has 1 saturated heterocycles. The predicted octanol–water partition coefficient (Wildman–Crippen LogP) is 5.53. The molecule has 2 aliphatic rings. The van der Waals surface area contributed by atoms with Crippen LogP contribution in [-0.4, -0.2) is 60.0 Å². The summed E-state index contributed by atoms with van der Waals surface area (Å²) >= 11 is 0. The fourth-order valence-corrected chi connectivity index (χ4v) is 4.66. The molecule has 2 aliphatic heterocycles. The smallest absolute Gasteiger partial charge is 0.230 e. The summed E-state index contributed by atoms with van der Waals surface area (Å²) in [6.45, 7) is 5.79. The Morgan fingerprint density at radius 2 is 1.58 bits per heavy atom. The van der Waals surface area contributed by atoms with Crippen molar-refractivity contribution in [1.82, 2.24) is 14.8 Å². The molecule has 0 aliphatic carbocycles. The van der Waals surface area contributed by atoms with E-state index in [0.29, 0.717) is 18.2 Å². The Morgan fingerprint density at radius 1 is 0.806 bits per heavy atom. The number of rotatable bonds is 2. The van der Waals surface area contributed by atoms with E-state index in [-0.39, 0.29) is 5.82 Å². The van der Waals surface area contributed by atoms with Gasteiger partial charge in [-0.1, -0.05) is 30.7 Å². The van der Waals surface area contributed by atoms with Gasteiger partial charge in [0.1, 0.15) is 11.7 Å². The van der Waals surface area contributed by atoms with Crippen LogP contribution in [0.3, 0.4) is 0 Å². The van der Waals surface area contributed by atoms with E-state index in [1.165, 1.54) is 12.1 Å². The molecule has 3 heterocycles. The quantitative estimate of drug-likeness (QED) is 0.475. The fraction of sp³-hybridized carbons (Fsp3) is 0.379. The van der Waals surface area contributed by atoms with Gasteiger partial charge in [-0.15, -0.1) is 0 Å². The molecule has 0 spiro atoms. The van der Waals surface area contributed by atoms with Crippen LogP contribution in [0, 0.1) is 5.82 Å². The first kappa shape index (κ1) is 24.3. The van der Waals surface area contributed by atoms with Crippen LogP contribution in [0.2, 0.25) is 0 Å². The van der Waals surface area contributed by atoms with Crippen LogP contribution in [0.15, 0.2) is 71.9 Å². The van der Waals surface area contributed by atoms with Crippen LogP contribution in [0.25, 0.3) is 0 Å². The van der Waals surface area contributed by atoms with E-state index in [9.17, 15) is 4.39 Å². The van der Waals surface area contributed by atoms with Crippen molar-refractivity contribution >= 4 is 5.84 Å². The van der Waals surface area contributed by atoms with Gasteiger partial charge in [-0.25, -0.2) is 9.37 Å². The maximum absolute atomic E-state index is 13.3. The van der Waals surface area contributed by atoms with E-state index >= 15 is 0 Å². The van der Waals surface area contributed by atoms with Crippen molar-refractivity contribution in [2.24, 2.45) is 4.99 Å². The van der Waals surface area contributed by atoms with Gasteiger partial charge in [-0.2, -0.15) is 0 Å². The number of halogens is 1. The maximum atomic E-state index is 13.3. The van der Waals surface area contributed by atoms with Crippen LogP contribution in [0.1, 0.15) is 36.8 Å². The maximum Gasteiger partial charge on any atom is 0.230 e. The Bertz CT molecular complexity index is 1160. The minimum Gasteiger partial charge on any atom is -0.490 e. The second-order valence-corrected chi connectivity index (χ2v) is 9.26. The minimum absolute atomic E-state index is 0.195. The molecule has 6 nitrogen and oxygen atoms in total. The van der Waals surface area contributed by atoms with Gasteiger partial charge in [-0.05, 0) is 61.2 Å². The molecule has 2 aromatic carbocycles. The Balaban J connectivity index is 1.36. The molecule has 5 rings (SSSR count). The van der Waals surface area contributed by atoms with Crippen molar-refractivity contribution < 1.29 is 13.9 Å². The number of hydrogen-bond acceptors (Lipinski definition) is 6. The van der Waals surface area contributed by atoms with Crippen molar-refractivity contribution in [3.63, 3.8) is 0 Å². The van der Waals surface area contributed by atoms with E-state index in [2.05, 4.69) is 14.8 Å². The lowest BCUT2D eigenvalue weighted by atomic mass is 10.1. The third-order valence-electron chi connectivity index (χ3n) is 6.63. The zero-order chi connectivity index (χ0) is 24.6. The van der Waals surface area contributed by atoms with Crippen LogP contribution in [0.5, 0.6) is 17.4 Å². The third kappa shape index (κ3) is 6.21. The summed E-state index contributed by atoms with van der Waals surface area (Å²) in [5, 5.41) is 0. The first-order valence-corrected chi connectivity index (χ1v) is 12.9. The normalized spacial score (nSPS) is 17.6. The monoisotopic (exact) mass is 488 g/mol. The lowest BCUT2D eigenvalue weighted by Gasteiger charge is -2.37. The lowest BCUT2D eigenvalue weighted by Crippen LogP contribution is -2.48. The average Bonchev–Trinajstić information content (AvgIpc) is 2.91. The number of pyridine rings is 1. The number of amidine groups is 1. The Kier molecular flexibility index (Phi) is 8.08. The van der Waals surface area contributed by atoms with Crippen LogP contribution in [0.4, 0.5) is 4.39 Å². The van der Waals surface area contributed by atoms with Crippen LogP contribution in [-0.2, 0) is 6.54 Å². The number of fused-ring (bicyclic) bond motifs is 2. The summed E-state index contributed by atoms with van der Waals surface area (Å²) in [5.74, 6) is 2.68. The second-order valence-electron chi connectivity index (χ2n) is 9.26. The molecule has 188 valence electrons. The first-order chi connectivity index (χ1) is 17.8. The minimum atomic E-state index is -0.195. The number of aliphatic imine (C=N–C) groups is 1. The van der Waals surface area contributed by atoms with Gasteiger partial charge in [-0.3, -0.25) is 9.89 Å². The summed E-state index contributed by atoms with van der Waals surface area (Å²) < 4.78 is 25.6. The Hall–Kier alpha value is -3.45. The third-order valence-corrected chi connectivity index (χ3v) is 6.63. The Morgan fingerprint density at radius 3 is 2.42 bits per heavy atom. The highest BCUT2D eigenvalue weighted by atomic mass is 19.1. The van der Waals surface area contributed by atoms with Gasteiger partial charge in [0.05, 0.1) is 12.2 Å². The zero-order valence-electron chi connectivity index (χ0n) is 20.6. The zero-order valence-corrected chi connectivity index (χ0v) is 20.6. The fourth-order valence-electron chi connectivity index (χ4n) is 4.66. The lowest BCUT2D eigenvalue weighted by molar-refractivity contribution is 0.175. The summed E-state index contributed by atoms with van der Waals surface area (Å²) in [5.41, 5.74) is 2.03. The number of ether oxygens (including phenoxy) is 2. The SMILES string of the molecule is Fc1ccc(CN2CCN(C3=NCCCCCCOc4ccccc4Oc4ncccc43)CC2)cc1. The van der Waals surface area contributed by atoms with Gasteiger partial charge in [0.2, 0.25) is 5.88 Å². The van der Waals surface area contributed by atoms with Crippen molar-refractivity contribution in [2.45, 2.75) is 32.2 Å². The van der Waals surface area contributed by atoms with Gasteiger partial charge in [0.15, 0.2) is 11.5 Å². The molecule has 0 radical (unpaired) electrons. The highest BCUT2D eigenvalue weighted by Gasteiger charge is 2.24. The molecule has 0 saturated carbocycles. The van der Waals surface area contributed by atoms with E-state index < -0.39 is 0 Å². The largest absolute Gasteiger partial charge is 0.490 e. The summed E-state index contributed by atoms with van der Waals surface area (Å²) in [6, 6.07) is 18.5. The van der Waals surface area contributed by atoms with Crippen molar-refractivity contribution in [1.29, 1.82) is 0 Å². The molecule has 1 fully saturated rings. The molecule has 1 aromatic heterocycles. The van der Waals surface area contributed by atoms with E-state index in [4.69, 9.17) is 14.5 Å². The second kappa shape index (κ2) is 12.0. The molecular weight excluding hydrogens is 455 g/mol. The van der Waals surface area contributed by atoms with E-state index in [0.717, 1.165) is 87.7 Å². The summed E-state index contributed by atoms with van der Waals surface area (Å²) in [7, 11) is 0. The molecule has 0 amide bonds. The van der Waals surface area contributed by atoms with Crippen LogP contribution < -0.4 is 9.47 Å².